The van der Waals surface area contributed by atoms with E-state index in [1.807, 2.05) is 0 Å². The predicted octanol–water partition coefficient (Wildman–Crippen LogP) is 5.49. The first-order chi connectivity index (χ1) is 17.4. The SMILES string of the molecule is C=C/C=C\C=C\C[C@@](NC(=O)C(N)CC#N)(c1ccc(F)cc1)c1cc(F)cc(OC(F)(F)C(F)F)c1. The maximum atomic E-state index is 14.6. The molecule has 2 aromatic rings. The largest absolute Gasteiger partial charge is 0.461 e. The van der Waals surface area contributed by atoms with Crippen LogP contribution in [0.3, 0.4) is 0 Å². The monoisotopic (exact) mass is 523 g/mol. The van der Waals surface area contributed by atoms with E-state index in [0.717, 1.165) is 24.3 Å². The van der Waals surface area contributed by atoms with E-state index < -0.39 is 47.4 Å². The van der Waals surface area contributed by atoms with E-state index >= 15 is 0 Å². The molecule has 1 unspecified atom stereocenters. The molecule has 196 valence electrons. The molecular weight excluding hydrogens is 500 g/mol. The van der Waals surface area contributed by atoms with Crippen LogP contribution in [0.2, 0.25) is 0 Å². The van der Waals surface area contributed by atoms with E-state index in [1.54, 1.807) is 24.3 Å². The minimum absolute atomic E-state index is 0.167. The number of halogens is 6. The molecule has 11 heteroatoms. The van der Waals surface area contributed by atoms with Crippen molar-refractivity contribution in [2.45, 2.75) is 37.0 Å². The van der Waals surface area contributed by atoms with Gasteiger partial charge in [-0.05, 0) is 41.8 Å². The van der Waals surface area contributed by atoms with Gasteiger partial charge in [-0.1, -0.05) is 49.1 Å². The number of ether oxygens (including phenoxy) is 1. The quantitative estimate of drug-likeness (QED) is 0.285. The average molecular weight is 523 g/mol. The summed E-state index contributed by atoms with van der Waals surface area (Å²) >= 11 is 0. The number of alkyl halides is 4. The molecule has 0 saturated heterocycles. The second kappa shape index (κ2) is 12.8. The van der Waals surface area contributed by atoms with Crippen molar-refractivity contribution in [3.8, 4) is 11.8 Å². The second-order valence-electron chi connectivity index (χ2n) is 7.76. The molecule has 2 rings (SSSR count). The number of nitrogens with two attached hydrogens (primary N) is 1. The van der Waals surface area contributed by atoms with Crippen molar-refractivity contribution in [3.63, 3.8) is 0 Å². The summed E-state index contributed by atoms with van der Waals surface area (Å²) in [6.45, 7) is 3.52. The Balaban J connectivity index is 2.77. The third-order valence-electron chi connectivity index (χ3n) is 5.11. The molecule has 0 heterocycles. The van der Waals surface area contributed by atoms with Crippen molar-refractivity contribution < 1.29 is 35.9 Å². The summed E-state index contributed by atoms with van der Waals surface area (Å²) < 4.78 is 85.1. The van der Waals surface area contributed by atoms with Gasteiger partial charge >= 0.3 is 12.5 Å². The molecule has 0 aliphatic rings. The molecule has 3 N–H and O–H groups in total. The minimum atomic E-state index is -4.93. The van der Waals surface area contributed by atoms with Gasteiger partial charge in [0.2, 0.25) is 5.91 Å². The number of nitrogens with one attached hydrogen (secondary N) is 1. The van der Waals surface area contributed by atoms with E-state index in [2.05, 4.69) is 16.6 Å². The summed E-state index contributed by atoms with van der Waals surface area (Å²) in [5, 5.41) is 11.5. The number of nitriles is 1. The fourth-order valence-electron chi connectivity index (χ4n) is 3.36. The molecule has 1 amide bonds. The lowest BCUT2D eigenvalue weighted by molar-refractivity contribution is -0.253. The maximum Gasteiger partial charge on any atom is 0.461 e. The highest BCUT2D eigenvalue weighted by Crippen LogP contribution is 2.38. The van der Waals surface area contributed by atoms with E-state index in [4.69, 9.17) is 11.0 Å². The van der Waals surface area contributed by atoms with E-state index in [1.165, 1.54) is 24.3 Å². The normalized spacial score (nSPS) is 14.4. The number of carbonyl (C=O) groups excluding carboxylic acids is 1. The number of hydrogen-bond donors (Lipinski definition) is 2. The Kier molecular flexibility index (Phi) is 10.1. The number of allylic oxidation sites excluding steroid dienone is 4. The number of hydrogen-bond acceptors (Lipinski definition) is 4. The van der Waals surface area contributed by atoms with Crippen molar-refractivity contribution >= 4 is 5.91 Å². The first-order valence-corrected chi connectivity index (χ1v) is 10.8. The molecule has 0 bridgehead atoms. The lowest BCUT2D eigenvalue weighted by Gasteiger charge is -2.36. The van der Waals surface area contributed by atoms with Crippen LogP contribution in [-0.2, 0) is 10.3 Å². The topological polar surface area (TPSA) is 88.1 Å². The summed E-state index contributed by atoms with van der Waals surface area (Å²) in [6, 6.07) is 7.23. The van der Waals surface area contributed by atoms with Crippen LogP contribution < -0.4 is 15.8 Å². The molecule has 2 aromatic carbocycles. The fourth-order valence-corrected chi connectivity index (χ4v) is 3.36. The summed E-state index contributed by atoms with van der Waals surface area (Å²) in [6.07, 6.45) is -1.98. The molecule has 5 nitrogen and oxygen atoms in total. The van der Waals surface area contributed by atoms with Crippen molar-refractivity contribution in [2.24, 2.45) is 5.73 Å². The van der Waals surface area contributed by atoms with E-state index in [-0.39, 0.29) is 24.0 Å². The number of nitrogens with zero attached hydrogens (tertiary/aromatic N) is 1. The number of amides is 1. The zero-order valence-electron chi connectivity index (χ0n) is 19.3. The van der Waals surface area contributed by atoms with Gasteiger partial charge in [0, 0.05) is 6.07 Å². The Bertz CT molecular complexity index is 1190. The maximum absolute atomic E-state index is 14.6. The standard InChI is InChI=1S/C26H23F6N3O2/c1-2-3-4-5-6-12-25(17-7-9-19(27)10-8-17,35-23(36)22(34)11-13-33)18-14-20(28)16-21(15-18)37-26(31,32)24(29)30/h2-10,14-16,22,24H,1,11-12,34H2,(H,35,36)/b4-3-,6-5+/t22?,25-/m1/s1. The molecule has 37 heavy (non-hydrogen) atoms. The summed E-state index contributed by atoms with van der Waals surface area (Å²) in [4.78, 5) is 12.9. The first-order valence-electron chi connectivity index (χ1n) is 10.8. The Morgan fingerprint density at radius 3 is 2.35 bits per heavy atom. The van der Waals surface area contributed by atoms with Crippen molar-refractivity contribution in [1.29, 1.82) is 5.26 Å². The van der Waals surface area contributed by atoms with Gasteiger partial charge in [-0.2, -0.15) is 22.8 Å². The first kappa shape index (κ1) is 29.2. The smallest absolute Gasteiger partial charge is 0.428 e. The lowest BCUT2D eigenvalue weighted by atomic mass is 9.79. The third kappa shape index (κ3) is 7.72. The molecule has 0 saturated carbocycles. The Morgan fingerprint density at radius 2 is 1.76 bits per heavy atom. The average Bonchev–Trinajstić information content (AvgIpc) is 2.83. The zero-order valence-corrected chi connectivity index (χ0v) is 19.3. The highest BCUT2D eigenvalue weighted by Gasteiger charge is 2.44. The van der Waals surface area contributed by atoms with E-state index in [0.29, 0.717) is 6.07 Å². The van der Waals surface area contributed by atoms with E-state index in [9.17, 15) is 31.1 Å². The van der Waals surface area contributed by atoms with Gasteiger partial charge in [0.05, 0.1) is 24.1 Å². The highest BCUT2D eigenvalue weighted by molar-refractivity contribution is 5.83. The van der Waals surface area contributed by atoms with Crippen molar-refractivity contribution in [2.75, 3.05) is 0 Å². The molecule has 2 atom stereocenters. The Morgan fingerprint density at radius 1 is 1.08 bits per heavy atom. The van der Waals surface area contributed by atoms with Gasteiger partial charge in [0.25, 0.3) is 0 Å². The Labute approximate surface area is 209 Å². The van der Waals surface area contributed by atoms with Gasteiger partial charge in [0.15, 0.2) is 0 Å². The van der Waals surface area contributed by atoms with Crippen LogP contribution in [0.4, 0.5) is 26.3 Å². The van der Waals surface area contributed by atoms with Crippen LogP contribution in [0.1, 0.15) is 24.0 Å². The number of benzene rings is 2. The van der Waals surface area contributed by atoms with Gasteiger partial charge in [-0.3, -0.25) is 4.79 Å². The van der Waals surface area contributed by atoms with Gasteiger partial charge in [0.1, 0.15) is 17.4 Å². The second-order valence-corrected chi connectivity index (χ2v) is 7.76. The van der Waals surface area contributed by atoms with Gasteiger partial charge < -0.3 is 15.8 Å². The summed E-state index contributed by atoms with van der Waals surface area (Å²) in [5.74, 6) is -3.60. The zero-order chi connectivity index (χ0) is 27.6. The number of rotatable bonds is 12. The van der Waals surface area contributed by atoms with Crippen LogP contribution >= 0.6 is 0 Å². The summed E-state index contributed by atoms with van der Waals surface area (Å²) in [7, 11) is 0. The molecular formula is C26H23F6N3O2. The van der Waals surface area contributed by atoms with Gasteiger partial charge in [-0.15, -0.1) is 0 Å². The van der Waals surface area contributed by atoms with Crippen LogP contribution in [0.5, 0.6) is 5.75 Å². The molecule has 0 radical (unpaired) electrons. The van der Waals surface area contributed by atoms with Crippen LogP contribution in [0.25, 0.3) is 0 Å². The number of carbonyl (C=O) groups is 1. The van der Waals surface area contributed by atoms with Gasteiger partial charge in [-0.25, -0.2) is 8.78 Å². The molecule has 0 fully saturated rings. The van der Waals surface area contributed by atoms with Crippen molar-refractivity contribution in [3.05, 3.63) is 102 Å². The molecule has 0 spiro atoms. The van der Waals surface area contributed by atoms with Crippen LogP contribution in [0.15, 0.2) is 79.4 Å². The third-order valence-corrected chi connectivity index (χ3v) is 5.11. The minimum Gasteiger partial charge on any atom is -0.428 e. The molecule has 0 aliphatic carbocycles. The van der Waals surface area contributed by atoms with Crippen molar-refractivity contribution in [1.82, 2.24) is 5.32 Å². The highest BCUT2D eigenvalue weighted by atomic mass is 19.3. The molecule has 0 aliphatic heterocycles. The Hall–Kier alpha value is -4.04. The van der Waals surface area contributed by atoms with Crippen LogP contribution in [-0.4, -0.2) is 24.5 Å². The fraction of sp³-hybridized carbons (Fsp3) is 0.231. The lowest BCUT2D eigenvalue weighted by Crippen LogP contribution is -2.52. The predicted molar refractivity (Wildman–Crippen MR) is 125 cm³/mol. The summed E-state index contributed by atoms with van der Waals surface area (Å²) in [5.41, 5.74) is 3.96. The molecule has 0 aromatic heterocycles. The van der Waals surface area contributed by atoms with Crippen LogP contribution in [0, 0.1) is 23.0 Å².